The van der Waals surface area contributed by atoms with Crippen LogP contribution < -0.4 is 0 Å². The van der Waals surface area contributed by atoms with Crippen molar-refractivity contribution in [3.05, 3.63) is 21.5 Å². The van der Waals surface area contributed by atoms with E-state index in [4.69, 9.17) is 0 Å². The molecular weight excluding hydrogens is 325 g/mol. The third-order valence-electron chi connectivity index (χ3n) is 0.804. The van der Waals surface area contributed by atoms with Crippen LogP contribution >= 0.6 is 0 Å². The topological polar surface area (TPSA) is 34.1 Å². The Morgan fingerprint density at radius 2 is 1.82 bits per heavy atom. The van der Waals surface area contributed by atoms with Crippen molar-refractivity contribution in [2.75, 3.05) is 0 Å². The molecule has 0 saturated carbocycles. The number of aldehydes is 1. The summed E-state index contributed by atoms with van der Waals surface area (Å²) in [5, 5.41) is 0. The van der Waals surface area contributed by atoms with E-state index in [9.17, 15) is 9.59 Å². The molecule has 0 rings (SSSR count). The van der Waals surface area contributed by atoms with Crippen LogP contribution in [0.4, 0.5) is 0 Å². The molecule has 0 N–H and O–H groups in total. The molecule has 0 aromatic rings. The van der Waals surface area contributed by atoms with Crippen LogP contribution in [0.1, 0.15) is 13.8 Å². The van der Waals surface area contributed by atoms with Gasteiger partial charge in [-0.3, -0.25) is 0 Å². The van der Waals surface area contributed by atoms with Crippen molar-refractivity contribution in [2.24, 2.45) is 0 Å². The fourth-order valence-corrected chi connectivity index (χ4v) is 0.793. The molecule has 0 aliphatic rings. The van der Waals surface area contributed by atoms with Gasteiger partial charge in [-0.15, -0.1) is 0 Å². The van der Waals surface area contributed by atoms with Crippen LogP contribution in [0.15, 0.2) is 21.5 Å². The number of carbonyl (C=O) groups excluding carboxylic acids is 2. The molecule has 0 amide bonds. The monoisotopic (exact) mass is 334 g/mol. The molecule has 0 aromatic heterocycles. The molecule has 0 fully saturated rings. The minimum absolute atomic E-state index is 0.144. The molecule has 0 unspecified atom stereocenters. The van der Waals surface area contributed by atoms with Gasteiger partial charge in [0, 0.05) is 0 Å². The van der Waals surface area contributed by atoms with Crippen molar-refractivity contribution in [2.45, 2.75) is 13.8 Å². The van der Waals surface area contributed by atoms with Crippen LogP contribution in [0, 0.1) is 0 Å². The van der Waals surface area contributed by atoms with Gasteiger partial charge in [0.05, 0.1) is 0 Å². The summed E-state index contributed by atoms with van der Waals surface area (Å²) < 4.78 is 0.396. The second-order valence-corrected chi connectivity index (χ2v) is 3.48. The van der Waals surface area contributed by atoms with E-state index in [2.05, 4.69) is 0 Å². The normalized spacial score (nSPS) is 10.7. The molecule has 0 radical (unpaired) electrons. The van der Waals surface area contributed by atoms with Gasteiger partial charge in [0.15, 0.2) is 0 Å². The Kier molecular flexibility index (Phi) is 5.03. The zero-order chi connectivity index (χ0) is 8.85. The Morgan fingerprint density at radius 1 is 1.27 bits per heavy atom. The van der Waals surface area contributed by atoms with Gasteiger partial charge in [0.25, 0.3) is 0 Å². The first-order valence-corrected chi connectivity index (χ1v) is 4.12. The summed E-state index contributed by atoms with van der Waals surface area (Å²) in [6.45, 7) is 3.66. The average Bonchev–Trinajstić information content (AvgIpc) is 1.85. The van der Waals surface area contributed by atoms with E-state index in [1.165, 1.54) is 12.2 Å². The molecule has 3 heteroatoms. The van der Waals surface area contributed by atoms with E-state index in [-0.39, 0.29) is 5.78 Å². The second kappa shape index (κ2) is 5.24. The number of allylic oxidation sites excluding steroid dienone is 4. The number of rotatable bonds is 3. The second-order valence-electron chi connectivity index (χ2n) is 2.23. The van der Waals surface area contributed by atoms with Gasteiger partial charge in [-0.25, -0.2) is 0 Å². The molecule has 0 atom stereocenters. The summed E-state index contributed by atoms with van der Waals surface area (Å²) >= 11 is 1.99. The summed E-state index contributed by atoms with van der Waals surface area (Å²) in [6, 6.07) is 0. The van der Waals surface area contributed by atoms with Crippen molar-refractivity contribution in [3.63, 3.8) is 0 Å². The Morgan fingerprint density at radius 3 is 2.18 bits per heavy atom. The molecule has 0 heterocycles. The molecule has 0 aliphatic carbocycles. The Bertz CT molecular complexity index is 222. The Balaban J connectivity index is 4.30. The van der Waals surface area contributed by atoms with E-state index in [1.807, 2.05) is 34.9 Å². The summed E-state index contributed by atoms with van der Waals surface area (Å²) in [5.74, 6) is -0.144. The van der Waals surface area contributed by atoms with Crippen LogP contribution in [-0.2, 0) is 30.7 Å². The van der Waals surface area contributed by atoms with Crippen molar-refractivity contribution >= 4 is 12.1 Å². The van der Waals surface area contributed by atoms with Crippen LogP contribution in [-0.4, -0.2) is 12.1 Å². The van der Waals surface area contributed by atoms with E-state index in [0.29, 0.717) is 10.1 Å². The zero-order valence-electron chi connectivity index (χ0n) is 6.35. The minimum atomic E-state index is -0.144. The summed E-state index contributed by atoms with van der Waals surface area (Å²) in [5.41, 5.74) is 0.929. The molecule has 0 spiro atoms. The van der Waals surface area contributed by atoms with Crippen LogP contribution in [0.2, 0.25) is 0 Å². The third kappa shape index (κ3) is 5.98. The van der Waals surface area contributed by atoms with Crippen molar-refractivity contribution in [3.8, 4) is 0 Å². The Labute approximate surface area is 78.3 Å². The summed E-state index contributed by atoms with van der Waals surface area (Å²) in [7, 11) is 0. The van der Waals surface area contributed by atoms with Crippen LogP contribution in [0.5, 0.6) is 0 Å². The standard InChI is InChI=1S/C8H9O2.Au/c1-7(2)6-8(10)4-3-5-9;/h4-6H,1-2H3;. The molecule has 0 saturated heterocycles. The molecule has 11 heavy (non-hydrogen) atoms. The van der Waals surface area contributed by atoms with Gasteiger partial charge >= 0.3 is 78.1 Å². The first kappa shape index (κ1) is 10.6. The molecule has 0 bridgehead atoms. The van der Waals surface area contributed by atoms with Gasteiger partial charge in [0.1, 0.15) is 0 Å². The molecular formula is C8H9AuO2. The van der Waals surface area contributed by atoms with Gasteiger partial charge in [0.2, 0.25) is 0 Å². The van der Waals surface area contributed by atoms with Gasteiger partial charge in [-0.05, 0) is 0 Å². The number of ketones is 1. The first-order valence-electron chi connectivity index (χ1n) is 3.03. The molecule has 2 nitrogen and oxygen atoms in total. The fourth-order valence-electron chi connectivity index (χ4n) is 0.485. The van der Waals surface area contributed by atoms with E-state index in [1.54, 1.807) is 0 Å². The zero-order valence-corrected chi connectivity index (χ0v) is 8.52. The SMILES string of the molecule is CC(C)=CC(=O)C=[C]([Au])C=O. The predicted molar refractivity (Wildman–Crippen MR) is 38.6 cm³/mol. The van der Waals surface area contributed by atoms with Crippen LogP contribution in [0.3, 0.4) is 0 Å². The van der Waals surface area contributed by atoms with Crippen molar-refractivity contribution < 1.29 is 30.7 Å². The fraction of sp³-hybridized carbons (Fsp3) is 0.250. The predicted octanol–water partition coefficient (Wildman–Crippen LogP) is 1.15. The van der Waals surface area contributed by atoms with E-state index < -0.39 is 0 Å². The van der Waals surface area contributed by atoms with Gasteiger partial charge < -0.3 is 0 Å². The number of hydrogen-bond donors (Lipinski definition) is 0. The molecule has 64 valence electrons. The Hall–Kier alpha value is -0.440. The molecule has 0 aliphatic heterocycles. The maximum atomic E-state index is 10.9. The average molecular weight is 334 g/mol. The quantitative estimate of drug-likeness (QED) is 0.441. The summed E-state index contributed by atoms with van der Waals surface area (Å²) in [4.78, 5) is 21.0. The van der Waals surface area contributed by atoms with E-state index >= 15 is 0 Å². The first-order chi connectivity index (χ1) is 5.06. The van der Waals surface area contributed by atoms with Crippen molar-refractivity contribution in [1.82, 2.24) is 0 Å². The molecule has 0 aromatic carbocycles. The maximum absolute atomic E-state index is 10.9. The number of carbonyl (C=O) groups is 2. The van der Waals surface area contributed by atoms with Crippen LogP contribution in [0.25, 0.3) is 0 Å². The van der Waals surface area contributed by atoms with Gasteiger partial charge in [-0.2, -0.15) is 0 Å². The van der Waals surface area contributed by atoms with Crippen molar-refractivity contribution in [1.29, 1.82) is 0 Å². The van der Waals surface area contributed by atoms with Gasteiger partial charge in [-0.1, -0.05) is 0 Å². The summed E-state index contributed by atoms with van der Waals surface area (Å²) in [6.07, 6.45) is 3.42. The number of hydrogen-bond acceptors (Lipinski definition) is 2. The van der Waals surface area contributed by atoms with E-state index in [0.717, 1.165) is 5.57 Å². The third-order valence-corrected chi connectivity index (χ3v) is 1.37.